The van der Waals surface area contributed by atoms with Crippen molar-refractivity contribution >= 4 is 17.6 Å². The summed E-state index contributed by atoms with van der Waals surface area (Å²) >= 11 is 5.34. The van der Waals surface area contributed by atoms with E-state index in [1.54, 1.807) is 0 Å². The molecule has 0 spiro atoms. The summed E-state index contributed by atoms with van der Waals surface area (Å²) < 4.78 is 38.4. The van der Waals surface area contributed by atoms with Crippen LogP contribution in [0.5, 0.6) is 0 Å². The highest BCUT2D eigenvalue weighted by Gasteiger charge is 2.21. The molecule has 0 aromatic carbocycles. The van der Waals surface area contributed by atoms with Crippen molar-refractivity contribution in [3.8, 4) is 0 Å². The van der Waals surface area contributed by atoms with Crippen LogP contribution >= 0.6 is 11.6 Å². The van der Waals surface area contributed by atoms with Crippen LogP contribution < -0.4 is 0 Å². The molecule has 7 heteroatoms. The van der Waals surface area contributed by atoms with Gasteiger partial charge in [0.2, 0.25) is 0 Å². The highest BCUT2D eigenvalue weighted by Crippen LogP contribution is 2.26. The van der Waals surface area contributed by atoms with Gasteiger partial charge in [-0.2, -0.15) is 0 Å². The van der Waals surface area contributed by atoms with Gasteiger partial charge >= 0.3 is 5.97 Å². The molecule has 1 aromatic rings. The molecule has 3 nitrogen and oxygen atoms in total. The van der Waals surface area contributed by atoms with E-state index >= 15 is 0 Å². The van der Waals surface area contributed by atoms with E-state index in [0.29, 0.717) is 0 Å². The Morgan fingerprint density at radius 2 is 2.19 bits per heavy atom. The Hall–Kier alpha value is -1.30. The third-order valence-electron chi connectivity index (χ3n) is 1.92. The SMILES string of the molecule is O=C(O)Cc1c(C(F)F)cnc(CCl)c1F. The van der Waals surface area contributed by atoms with Crippen LogP contribution in [-0.4, -0.2) is 16.1 Å². The van der Waals surface area contributed by atoms with Gasteiger partial charge in [-0.3, -0.25) is 9.78 Å². The highest BCUT2D eigenvalue weighted by molar-refractivity contribution is 6.16. The van der Waals surface area contributed by atoms with E-state index in [-0.39, 0.29) is 11.6 Å². The fourth-order valence-electron chi connectivity index (χ4n) is 1.20. The minimum absolute atomic E-state index is 0.234. The second-order valence-electron chi connectivity index (χ2n) is 2.96. The number of hydrogen-bond donors (Lipinski definition) is 1. The van der Waals surface area contributed by atoms with Crippen LogP contribution in [0.15, 0.2) is 6.20 Å². The molecule has 0 saturated heterocycles. The van der Waals surface area contributed by atoms with Gasteiger partial charge in [-0.1, -0.05) is 0 Å². The zero-order chi connectivity index (χ0) is 12.3. The van der Waals surface area contributed by atoms with Gasteiger partial charge in [0.15, 0.2) is 0 Å². The molecule has 0 atom stereocenters. The molecule has 88 valence electrons. The van der Waals surface area contributed by atoms with E-state index in [1.165, 1.54) is 0 Å². The van der Waals surface area contributed by atoms with Crippen LogP contribution in [0, 0.1) is 5.82 Å². The maximum atomic E-state index is 13.5. The van der Waals surface area contributed by atoms with Crippen molar-refractivity contribution in [3.05, 3.63) is 28.8 Å². The zero-order valence-corrected chi connectivity index (χ0v) is 8.64. The summed E-state index contributed by atoms with van der Waals surface area (Å²) in [7, 11) is 0. The van der Waals surface area contributed by atoms with Gasteiger partial charge in [0.05, 0.1) is 18.0 Å². The first-order chi connectivity index (χ1) is 7.47. The zero-order valence-electron chi connectivity index (χ0n) is 7.88. The lowest BCUT2D eigenvalue weighted by Gasteiger charge is -2.09. The third-order valence-corrected chi connectivity index (χ3v) is 2.17. The summed E-state index contributed by atoms with van der Waals surface area (Å²) in [6.07, 6.45) is -3.04. The van der Waals surface area contributed by atoms with E-state index in [1.807, 2.05) is 0 Å². The fourth-order valence-corrected chi connectivity index (χ4v) is 1.38. The standard InChI is InChI=1S/C9H7ClF3NO2/c10-2-6-8(11)4(1-7(15)16)5(3-14-6)9(12)13/h3,9H,1-2H2,(H,15,16). The number of aromatic nitrogens is 1. The number of rotatable bonds is 4. The lowest BCUT2D eigenvalue weighted by Crippen LogP contribution is -2.10. The van der Waals surface area contributed by atoms with Gasteiger partial charge in [0.25, 0.3) is 6.43 Å². The predicted octanol–water partition coefficient (Wildman–Crippen LogP) is 2.52. The molecular weight excluding hydrogens is 247 g/mol. The fraction of sp³-hybridized carbons (Fsp3) is 0.333. The third kappa shape index (κ3) is 2.63. The molecule has 1 aromatic heterocycles. The summed E-state index contributed by atoms with van der Waals surface area (Å²) in [5.74, 6) is -2.77. The quantitative estimate of drug-likeness (QED) is 0.839. The molecule has 0 unspecified atom stereocenters. The first kappa shape index (κ1) is 12.8. The second-order valence-corrected chi connectivity index (χ2v) is 3.22. The summed E-state index contributed by atoms with van der Waals surface area (Å²) in [6, 6.07) is 0. The van der Waals surface area contributed by atoms with Crippen molar-refractivity contribution in [3.63, 3.8) is 0 Å². The van der Waals surface area contributed by atoms with Crippen LogP contribution in [0.1, 0.15) is 23.2 Å². The van der Waals surface area contributed by atoms with Gasteiger partial charge in [0, 0.05) is 17.3 Å². The molecule has 1 heterocycles. The lowest BCUT2D eigenvalue weighted by molar-refractivity contribution is -0.136. The van der Waals surface area contributed by atoms with Crippen molar-refractivity contribution in [2.45, 2.75) is 18.7 Å². The molecule has 0 aliphatic heterocycles. The van der Waals surface area contributed by atoms with E-state index in [9.17, 15) is 18.0 Å². The smallest absolute Gasteiger partial charge is 0.307 e. The average Bonchev–Trinajstić information content (AvgIpc) is 2.19. The molecule has 0 fully saturated rings. The summed E-state index contributed by atoms with van der Waals surface area (Å²) in [6.45, 7) is 0. The molecule has 1 N–H and O–H groups in total. The van der Waals surface area contributed by atoms with Gasteiger partial charge in [-0.25, -0.2) is 13.2 Å². The Morgan fingerprint density at radius 1 is 1.56 bits per heavy atom. The predicted molar refractivity (Wildman–Crippen MR) is 50.0 cm³/mol. The number of carbonyl (C=O) groups is 1. The number of pyridine rings is 1. The van der Waals surface area contributed by atoms with Gasteiger partial charge < -0.3 is 5.11 Å². The highest BCUT2D eigenvalue weighted by atomic mass is 35.5. The number of hydrogen-bond acceptors (Lipinski definition) is 2. The largest absolute Gasteiger partial charge is 0.481 e. The summed E-state index contributed by atoms with van der Waals surface area (Å²) in [4.78, 5) is 13.8. The average molecular weight is 254 g/mol. The van der Waals surface area contributed by atoms with E-state index < -0.39 is 35.8 Å². The number of aliphatic carboxylic acids is 1. The molecule has 0 aliphatic carbocycles. The Balaban J connectivity index is 3.30. The molecular formula is C9H7ClF3NO2. The Bertz CT molecular complexity index is 412. The van der Waals surface area contributed by atoms with Crippen LogP contribution in [0.4, 0.5) is 13.2 Å². The van der Waals surface area contributed by atoms with Gasteiger partial charge in [-0.15, -0.1) is 11.6 Å². The monoisotopic (exact) mass is 253 g/mol. The van der Waals surface area contributed by atoms with Crippen LogP contribution in [0.25, 0.3) is 0 Å². The summed E-state index contributed by atoms with van der Waals surface area (Å²) in [5, 5.41) is 8.50. The number of carboxylic acids is 1. The number of carboxylic acid groups (broad SMARTS) is 1. The molecule has 0 bridgehead atoms. The first-order valence-electron chi connectivity index (χ1n) is 4.19. The molecule has 1 rings (SSSR count). The van der Waals surface area contributed by atoms with Crippen LogP contribution in [0.2, 0.25) is 0 Å². The molecule has 0 radical (unpaired) electrons. The summed E-state index contributed by atoms with van der Waals surface area (Å²) in [5.41, 5.74) is -1.51. The minimum atomic E-state index is -2.97. The van der Waals surface area contributed by atoms with E-state index in [4.69, 9.17) is 16.7 Å². The van der Waals surface area contributed by atoms with Crippen molar-refractivity contribution < 1.29 is 23.1 Å². The van der Waals surface area contributed by atoms with Crippen LogP contribution in [0.3, 0.4) is 0 Å². The maximum Gasteiger partial charge on any atom is 0.307 e. The first-order valence-corrected chi connectivity index (χ1v) is 4.72. The molecule has 0 amide bonds. The molecule has 0 saturated carbocycles. The van der Waals surface area contributed by atoms with E-state index in [2.05, 4.69) is 4.98 Å². The van der Waals surface area contributed by atoms with Gasteiger partial charge in [0.1, 0.15) is 5.82 Å². The lowest BCUT2D eigenvalue weighted by atomic mass is 10.1. The van der Waals surface area contributed by atoms with Crippen LogP contribution in [-0.2, 0) is 17.1 Å². The molecule has 0 aliphatic rings. The Morgan fingerprint density at radius 3 is 2.62 bits per heavy atom. The number of halogens is 4. The van der Waals surface area contributed by atoms with Crippen molar-refractivity contribution in [2.75, 3.05) is 0 Å². The Labute approximate surface area is 93.9 Å². The van der Waals surface area contributed by atoms with Crippen molar-refractivity contribution in [1.82, 2.24) is 4.98 Å². The van der Waals surface area contributed by atoms with Gasteiger partial charge in [-0.05, 0) is 0 Å². The number of nitrogens with zero attached hydrogens (tertiary/aromatic N) is 1. The van der Waals surface area contributed by atoms with Crippen molar-refractivity contribution in [2.24, 2.45) is 0 Å². The topological polar surface area (TPSA) is 50.2 Å². The van der Waals surface area contributed by atoms with E-state index in [0.717, 1.165) is 6.20 Å². The normalized spacial score (nSPS) is 10.8. The number of alkyl halides is 3. The Kier molecular flexibility index (Phi) is 4.12. The minimum Gasteiger partial charge on any atom is -0.481 e. The molecule has 16 heavy (non-hydrogen) atoms. The second kappa shape index (κ2) is 5.16. The van der Waals surface area contributed by atoms with Crippen molar-refractivity contribution in [1.29, 1.82) is 0 Å². The maximum absolute atomic E-state index is 13.5.